The van der Waals surface area contributed by atoms with Gasteiger partial charge >= 0.3 is 12.4 Å². The maximum absolute atomic E-state index is 14.5. The van der Waals surface area contributed by atoms with Gasteiger partial charge in [0, 0.05) is 18.0 Å². The van der Waals surface area contributed by atoms with Gasteiger partial charge in [-0.1, -0.05) is 60.9 Å². The summed E-state index contributed by atoms with van der Waals surface area (Å²) in [6, 6.07) is 7.76. The van der Waals surface area contributed by atoms with Crippen LogP contribution in [0, 0.1) is 0 Å². The second-order valence-corrected chi connectivity index (χ2v) is 17.9. The number of carbonyl (C=O) groups is 1. The Kier molecular flexibility index (Phi) is 9.62. The van der Waals surface area contributed by atoms with Crippen LogP contribution in [0.5, 0.6) is 0 Å². The molecule has 0 fully saturated rings. The number of benzene rings is 2. The lowest BCUT2D eigenvalue weighted by Crippen LogP contribution is -2.40. The van der Waals surface area contributed by atoms with E-state index in [4.69, 9.17) is 20.6 Å². The quantitative estimate of drug-likeness (QED) is 0.0844. The van der Waals surface area contributed by atoms with Crippen molar-refractivity contribution in [3.63, 3.8) is 0 Å². The first-order valence-electron chi connectivity index (χ1n) is 14.7. The molecule has 9 nitrogen and oxygen atoms in total. The number of alkyl halides is 6. The van der Waals surface area contributed by atoms with Crippen LogP contribution in [0.15, 0.2) is 65.6 Å². The number of nitrogens with zero attached hydrogens (tertiary/aromatic N) is 6. The van der Waals surface area contributed by atoms with Crippen molar-refractivity contribution in [1.82, 2.24) is 30.1 Å². The van der Waals surface area contributed by atoms with Crippen LogP contribution < -0.4 is 0 Å². The molecule has 5 aromatic rings. The van der Waals surface area contributed by atoms with Crippen molar-refractivity contribution in [3.8, 4) is 22.6 Å². The molecule has 0 radical (unpaired) electrons. The molecule has 0 spiro atoms. The third kappa shape index (κ3) is 7.60. The van der Waals surface area contributed by atoms with E-state index >= 15 is 0 Å². The predicted molar refractivity (Wildman–Crippen MR) is 169 cm³/mol. The maximum Gasteiger partial charge on any atom is 0.416 e. The molecule has 0 bridgehead atoms. The van der Waals surface area contributed by atoms with Crippen LogP contribution in [0.3, 0.4) is 0 Å². The number of hydrogen-bond donors (Lipinski definition) is 0. The minimum atomic E-state index is -5.07. The van der Waals surface area contributed by atoms with Crippen LogP contribution in [-0.2, 0) is 29.9 Å². The van der Waals surface area contributed by atoms with Crippen molar-refractivity contribution >= 4 is 25.7 Å². The minimum Gasteiger partial charge on any atom is -0.409 e. The van der Waals surface area contributed by atoms with E-state index in [0.717, 1.165) is 4.68 Å². The summed E-state index contributed by atoms with van der Waals surface area (Å²) in [6.45, 7) is 9.35. The number of carbonyl (C=O) groups excluding carboxylic acids is 1. The summed E-state index contributed by atoms with van der Waals surface area (Å²) < 4.78 is 94.8. The molecule has 0 aliphatic heterocycles. The summed E-state index contributed by atoms with van der Waals surface area (Å²) in [5.74, 6) is -0.728. The van der Waals surface area contributed by atoms with Crippen LogP contribution in [0.2, 0.25) is 23.2 Å². The third-order valence-electron chi connectivity index (χ3n) is 8.22. The van der Waals surface area contributed by atoms with Crippen molar-refractivity contribution in [3.05, 3.63) is 99.8 Å². The van der Waals surface area contributed by atoms with Gasteiger partial charge in [0.1, 0.15) is 17.1 Å². The highest BCUT2D eigenvalue weighted by Crippen LogP contribution is 2.40. The standard InChI is InChI=1S/C32H29ClF6N6O3Si/c1-30(2,3)49(4,5)47-17-24-25(26(43-48-24)21-8-6-7-9-22(21)33)29(46)27-28(23-15-40-10-11-41-23)45(44-42-27)16-18-12-19(31(34,35)36)14-20(13-18)32(37,38)39/h6-15H,16-17H2,1-5H3. The largest absolute Gasteiger partial charge is 0.416 e. The molecule has 0 aliphatic carbocycles. The van der Waals surface area contributed by atoms with Gasteiger partial charge in [0.2, 0.25) is 5.78 Å². The number of ketones is 1. The first kappa shape index (κ1) is 35.9. The average molecular weight is 723 g/mol. The smallest absolute Gasteiger partial charge is 0.409 e. The number of halogens is 7. The Morgan fingerprint density at radius 3 is 2.20 bits per heavy atom. The number of aromatic nitrogens is 6. The van der Waals surface area contributed by atoms with Crippen molar-refractivity contribution in [2.24, 2.45) is 0 Å². The van der Waals surface area contributed by atoms with Gasteiger partial charge in [-0.2, -0.15) is 26.3 Å². The van der Waals surface area contributed by atoms with Crippen molar-refractivity contribution in [1.29, 1.82) is 0 Å². The Morgan fingerprint density at radius 1 is 0.980 bits per heavy atom. The Labute approximate surface area is 282 Å². The highest BCUT2D eigenvalue weighted by atomic mass is 35.5. The summed E-state index contributed by atoms with van der Waals surface area (Å²) >= 11 is 6.48. The Bertz CT molecular complexity index is 1960. The molecule has 0 atom stereocenters. The molecule has 49 heavy (non-hydrogen) atoms. The van der Waals surface area contributed by atoms with Crippen molar-refractivity contribution in [2.75, 3.05) is 0 Å². The molecule has 0 saturated heterocycles. The van der Waals surface area contributed by atoms with Gasteiger partial charge in [-0.25, -0.2) is 4.68 Å². The molecular formula is C32H29ClF6N6O3Si. The van der Waals surface area contributed by atoms with Crippen LogP contribution in [0.4, 0.5) is 26.3 Å². The van der Waals surface area contributed by atoms with E-state index in [9.17, 15) is 31.1 Å². The van der Waals surface area contributed by atoms with E-state index < -0.39 is 49.7 Å². The molecule has 0 unspecified atom stereocenters. The predicted octanol–water partition coefficient (Wildman–Crippen LogP) is 8.88. The number of hydrogen-bond acceptors (Lipinski definition) is 8. The van der Waals surface area contributed by atoms with Gasteiger partial charge < -0.3 is 8.95 Å². The summed E-state index contributed by atoms with van der Waals surface area (Å²) in [5, 5.41) is 12.3. The van der Waals surface area contributed by atoms with E-state index in [-0.39, 0.29) is 56.8 Å². The second-order valence-electron chi connectivity index (χ2n) is 12.6. The van der Waals surface area contributed by atoms with E-state index in [1.807, 2.05) is 33.9 Å². The van der Waals surface area contributed by atoms with E-state index in [1.165, 1.54) is 18.6 Å². The molecule has 2 aromatic carbocycles. The van der Waals surface area contributed by atoms with Gasteiger partial charge in [0.15, 0.2) is 19.8 Å². The lowest BCUT2D eigenvalue weighted by Gasteiger charge is -2.35. The minimum absolute atomic E-state index is 0.0219. The van der Waals surface area contributed by atoms with E-state index in [2.05, 4.69) is 25.4 Å². The van der Waals surface area contributed by atoms with Crippen LogP contribution in [0.1, 0.15) is 59.3 Å². The monoisotopic (exact) mass is 722 g/mol. The fourth-order valence-electron chi connectivity index (χ4n) is 4.61. The molecule has 258 valence electrons. The molecule has 0 saturated carbocycles. The SMILES string of the molecule is CC(C)(C)[Si](C)(C)OCc1onc(-c2ccccc2Cl)c1C(=O)c1nnn(Cc2cc(C(F)(F)F)cc(C(F)(F)F)c2)c1-c1cnccn1. The fourth-order valence-corrected chi connectivity index (χ4v) is 5.76. The molecule has 5 rings (SSSR count). The van der Waals surface area contributed by atoms with Gasteiger partial charge in [-0.15, -0.1) is 5.10 Å². The Morgan fingerprint density at radius 2 is 1.63 bits per heavy atom. The zero-order valence-electron chi connectivity index (χ0n) is 26.7. The first-order chi connectivity index (χ1) is 22.8. The second kappa shape index (κ2) is 13.1. The topological polar surface area (TPSA) is 109 Å². The summed E-state index contributed by atoms with van der Waals surface area (Å²) in [7, 11) is -2.38. The third-order valence-corrected chi connectivity index (χ3v) is 13.0. The first-order valence-corrected chi connectivity index (χ1v) is 18.0. The Hall–Kier alpha value is -4.41. The van der Waals surface area contributed by atoms with Crippen LogP contribution in [0.25, 0.3) is 22.6 Å². The zero-order valence-corrected chi connectivity index (χ0v) is 28.5. The fraction of sp³-hybridized carbons (Fsp3) is 0.312. The van der Waals surface area contributed by atoms with Gasteiger partial charge in [0.05, 0.1) is 41.1 Å². The molecule has 0 amide bonds. The highest BCUT2D eigenvalue weighted by molar-refractivity contribution is 6.74. The average Bonchev–Trinajstić information content (AvgIpc) is 3.63. The van der Waals surface area contributed by atoms with E-state index in [0.29, 0.717) is 17.7 Å². The number of rotatable bonds is 9. The normalized spacial score (nSPS) is 12.8. The molecule has 17 heteroatoms. The van der Waals surface area contributed by atoms with Gasteiger partial charge in [-0.05, 0) is 48.0 Å². The summed E-state index contributed by atoms with van der Waals surface area (Å²) in [6.07, 6.45) is -6.25. The van der Waals surface area contributed by atoms with Crippen molar-refractivity contribution in [2.45, 2.75) is 64.4 Å². The maximum atomic E-state index is 14.5. The van der Waals surface area contributed by atoms with Crippen LogP contribution in [-0.4, -0.2) is 44.2 Å². The zero-order chi connectivity index (χ0) is 35.9. The van der Waals surface area contributed by atoms with E-state index in [1.54, 1.807) is 24.3 Å². The molecular weight excluding hydrogens is 694 g/mol. The van der Waals surface area contributed by atoms with Crippen LogP contribution >= 0.6 is 11.6 Å². The molecule has 3 aromatic heterocycles. The Balaban J connectivity index is 1.67. The van der Waals surface area contributed by atoms with Gasteiger partial charge in [0.25, 0.3) is 0 Å². The molecule has 0 aliphatic rings. The van der Waals surface area contributed by atoms with Gasteiger partial charge in [-0.3, -0.25) is 14.8 Å². The van der Waals surface area contributed by atoms with Crippen molar-refractivity contribution < 1.29 is 40.1 Å². The summed E-state index contributed by atoms with van der Waals surface area (Å²) in [4.78, 5) is 22.8. The molecule has 3 heterocycles. The lowest BCUT2D eigenvalue weighted by molar-refractivity contribution is -0.143. The molecule has 0 N–H and O–H groups in total. The highest BCUT2D eigenvalue weighted by Gasteiger charge is 2.40. The lowest BCUT2D eigenvalue weighted by atomic mass is 9.99. The summed E-state index contributed by atoms with van der Waals surface area (Å²) in [5.41, 5.74) is -3.49.